The normalized spacial score (nSPS) is 16.5. The maximum absolute atomic E-state index is 10.7. The highest BCUT2D eigenvalue weighted by Gasteiger charge is 2.17. The molecule has 0 atom stereocenters. The van der Waals surface area contributed by atoms with Crippen molar-refractivity contribution in [3.8, 4) is 0 Å². The SMILES string of the molecule is O=C(O)N1CCc2ccsc2CC1. The van der Waals surface area contributed by atoms with E-state index in [-0.39, 0.29) is 0 Å². The third-order valence-electron chi connectivity index (χ3n) is 2.37. The molecule has 0 radical (unpaired) electrons. The fourth-order valence-electron chi connectivity index (χ4n) is 1.60. The number of hydrogen-bond acceptors (Lipinski definition) is 2. The van der Waals surface area contributed by atoms with Gasteiger partial charge >= 0.3 is 6.09 Å². The summed E-state index contributed by atoms with van der Waals surface area (Å²) in [4.78, 5) is 13.6. The van der Waals surface area contributed by atoms with Gasteiger partial charge in [0.2, 0.25) is 0 Å². The molecule has 1 aromatic rings. The van der Waals surface area contributed by atoms with Gasteiger partial charge in [-0.3, -0.25) is 0 Å². The molecule has 1 aliphatic rings. The van der Waals surface area contributed by atoms with E-state index in [1.54, 1.807) is 11.3 Å². The molecule has 3 nitrogen and oxygen atoms in total. The predicted octanol–water partition coefficient (Wildman–Crippen LogP) is 1.83. The topological polar surface area (TPSA) is 40.5 Å². The number of rotatable bonds is 0. The maximum Gasteiger partial charge on any atom is 0.407 e. The van der Waals surface area contributed by atoms with Crippen molar-refractivity contribution in [3.63, 3.8) is 0 Å². The first kappa shape index (κ1) is 8.56. The molecule has 2 heterocycles. The van der Waals surface area contributed by atoms with Crippen molar-refractivity contribution in [3.05, 3.63) is 21.9 Å². The first-order chi connectivity index (χ1) is 6.27. The average molecular weight is 197 g/mol. The van der Waals surface area contributed by atoms with Crippen molar-refractivity contribution in [2.45, 2.75) is 12.8 Å². The van der Waals surface area contributed by atoms with Crippen LogP contribution in [0.1, 0.15) is 10.4 Å². The lowest BCUT2D eigenvalue weighted by molar-refractivity contribution is 0.147. The van der Waals surface area contributed by atoms with Crippen LogP contribution in [0.5, 0.6) is 0 Å². The van der Waals surface area contributed by atoms with E-state index in [1.807, 2.05) is 0 Å². The maximum atomic E-state index is 10.7. The van der Waals surface area contributed by atoms with Crippen LogP contribution in [0.4, 0.5) is 4.79 Å². The second-order valence-corrected chi connectivity index (χ2v) is 4.14. The van der Waals surface area contributed by atoms with Crippen LogP contribution in [0, 0.1) is 0 Å². The Hall–Kier alpha value is -1.03. The second kappa shape index (κ2) is 3.38. The van der Waals surface area contributed by atoms with Crippen molar-refractivity contribution in [2.24, 2.45) is 0 Å². The summed E-state index contributed by atoms with van der Waals surface area (Å²) in [6.45, 7) is 1.28. The molecular formula is C9H11NO2S. The van der Waals surface area contributed by atoms with E-state index in [1.165, 1.54) is 15.3 Å². The zero-order valence-corrected chi connectivity index (χ0v) is 8.01. The summed E-state index contributed by atoms with van der Waals surface area (Å²) in [6.07, 6.45) is 0.944. The highest BCUT2D eigenvalue weighted by atomic mass is 32.1. The molecule has 0 saturated heterocycles. The van der Waals surface area contributed by atoms with Crippen LogP contribution in [0.25, 0.3) is 0 Å². The number of thiophene rings is 1. The smallest absolute Gasteiger partial charge is 0.407 e. The Morgan fingerprint density at radius 2 is 2.23 bits per heavy atom. The second-order valence-electron chi connectivity index (χ2n) is 3.14. The quantitative estimate of drug-likeness (QED) is 0.689. The van der Waals surface area contributed by atoms with E-state index in [9.17, 15) is 4.79 Å². The summed E-state index contributed by atoms with van der Waals surface area (Å²) >= 11 is 1.73. The third kappa shape index (κ3) is 1.67. The number of carboxylic acid groups (broad SMARTS) is 1. The zero-order valence-electron chi connectivity index (χ0n) is 7.19. The minimum absolute atomic E-state index is 0.638. The molecule has 0 saturated carbocycles. The van der Waals surface area contributed by atoms with Gasteiger partial charge in [-0.15, -0.1) is 11.3 Å². The lowest BCUT2D eigenvalue weighted by Gasteiger charge is -2.15. The van der Waals surface area contributed by atoms with Crippen LogP contribution in [-0.2, 0) is 12.8 Å². The molecule has 1 amide bonds. The third-order valence-corrected chi connectivity index (χ3v) is 3.39. The number of fused-ring (bicyclic) bond motifs is 1. The van der Waals surface area contributed by atoms with Gasteiger partial charge in [-0.1, -0.05) is 0 Å². The van der Waals surface area contributed by atoms with Gasteiger partial charge in [0.05, 0.1) is 0 Å². The van der Waals surface area contributed by atoms with Crippen molar-refractivity contribution in [1.29, 1.82) is 0 Å². The molecule has 0 spiro atoms. The summed E-state index contributed by atoms with van der Waals surface area (Å²) in [5, 5.41) is 10.9. The summed E-state index contributed by atoms with van der Waals surface area (Å²) in [7, 11) is 0. The molecule has 1 aromatic heterocycles. The van der Waals surface area contributed by atoms with E-state index in [2.05, 4.69) is 11.4 Å². The van der Waals surface area contributed by atoms with Gasteiger partial charge in [-0.05, 0) is 29.9 Å². The van der Waals surface area contributed by atoms with Crippen LogP contribution in [-0.4, -0.2) is 29.2 Å². The van der Waals surface area contributed by atoms with Gasteiger partial charge in [0.1, 0.15) is 0 Å². The molecule has 0 aliphatic carbocycles. The van der Waals surface area contributed by atoms with Gasteiger partial charge in [0.15, 0.2) is 0 Å². The average Bonchev–Trinajstić information content (AvgIpc) is 2.44. The van der Waals surface area contributed by atoms with Crippen molar-refractivity contribution in [2.75, 3.05) is 13.1 Å². The summed E-state index contributed by atoms with van der Waals surface area (Å²) in [5.74, 6) is 0. The van der Waals surface area contributed by atoms with E-state index in [0.717, 1.165) is 12.8 Å². The molecule has 0 bridgehead atoms. The summed E-state index contributed by atoms with van der Waals surface area (Å²) < 4.78 is 0. The Labute approximate surface area is 80.6 Å². The Morgan fingerprint density at radius 1 is 1.46 bits per heavy atom. The van der Waals surface area contributed by atoms with Gasteiger partial charge in [-0.2, -0.15) is 0 Å². The number of nitrogens with zero attached hydrogens (tertiary/aromatic N) is 1. The monoisotopic (exact) mass is 197 g/mol. The van der Waals surface area contributed by atoms with Crippen LogP contribution >= 0.6 is 11.3 Å². The van der Waals surface area contributed by atoms with Gasteiger partial charge in [0.25, 0.3) is 0 Å². The van der Waals surface area contributed by atoms with E-state index >= 15 is 0 Å². The van der Waals surface area contributed by atoms with Crippen LogP contribution in [0.2, 0.25) is 0 Å². The number of carbonyl (C=O) groups is 1. The van der Waals surface area contributed by atoms with Crippen LogP contribution < -0.4 is 0 Å². The molecule has 0 fully saturated rings. The van der Waals surface area contributed by atoms with Crippen LogP contribution in [0.3, 0.4) is 0 Å². The Kier molecular flexibility index (Phi) is 2.22. The molecule has 1 aliphatic heterocycles. The first-order valence-electron chi connectivity index (χ1n) is 4.30. The largest absolute Gasteiger partial charge is 0.465 e. The number of amides is 1. The minimum Gasteiger partial charge on any atom is -0.465 e. The van der Waals surface area contributed by atoms with Crippen LogP contribution in [0.15, 0.2) is 11.4 Å². The van der Waals surface area contributed by atoms with Gasteiger partial charge in [0, 0.05) is 18.0 Å². The predicted molar refractivity (Wildman–Crippen MR) is 51.3 cm³/mol. The fraction of sp³-hybridized carbons (Fsp3) is 0.444. The Bertz CT molecular complexity index is 299. The molecule has 4 heteroatoms. The first-order valence-corrected chi connectivity index (χ1v) is 5.18. The number of hydrogen-bond donors (Lipinski definition) is 1. The summed E-state index contributed by atoms with van der Waals surface area (Å²) in [6, 6.07) is 2.10. The highest BCUT2D eigenvalue weighted by molar-refractivity contribution is 7.10. The lowest BCUT2D eigenvalue weighted by atomic mass is 10.2. The standard InChI is InChI=1S/C9H11NO2S/c11-9(12)10-4-1-7-3-6-13-8(7)2-5-10/h3,6H,1-2,4-5H2,(H,11,12). The van der Waals surface area contributed by atoms with Crippen molar-refractivity contribution in [1.82, 2.24) is 4.90 Å². The van der Waals surface area contributed by atoms with Gasteiger partial charge < -0.3 is 10.0 Å². The van der Waals surface area contributed by atoms with Crippen molar-refractivity contribution >= 4 is 17.4 Å². The Morgan fingerprint density at radius 3 is 3.00 bits per heavy atom. The lowest BCUT2D eigenvalue weighted by Crippen LogP contribution is -2.31. The summed E-state index contributed by atoms with van der Waals surface area (Å²) in [5.41, 5.74) is 1.33. The van der Waals surface area contributed by atoms with Crippen molar-refractivity contribution < 1.29 is 9.90 Å². The molecule has 1 N–H and O–H groups in total. The molecule has 0 unspecified atom stereocenters. The molecular weight excluding hydrogens is 186 g/mol. The molecule has 70 valence electrons. The fourth-order valence-corrected chi connectivity index (χ4v) is 2.53. The van der Waals surface area contributed by atoms with Gasteiger partial charge in [-0.25, -0.2) is 4.79 Å². The molecule has 2 rings (SSSR count). The van der Waals surface area contributed by atoms with E-state index in [0.29, 0.717) is 13.1 Å². The molecule has 0 aromatic carbocycles. The Balaban J connectivity index is 2.12. The minimum atomic E-state index is -0.796. The van der Waals surface area contributed by atoms with E-state index < -0.39 is 6.09 Å². The zero-order chi connectivity index (χ0) is 9.26. The molecule has 13 heavy (non-hydrogen) atoms. The van der Waals surface area contributed by atoms with E-state index in [4.69, 9.17) is 5.11 Å². The highest BCUT2D eigenvalue weighted by Crippen LogP contribution is 2.21.